The molecule has 1 aliphatic heterocycles. The summed E-state index contributed by atoms with van der Waals surface area (Å²) in [6, 6.07) is 18.8. The number of nitrogens with zero attached hydrogens (tertiary/aromatic N) is 2. The van der Waals surface area contributed by atoms with Gasteiger partial charge in [0.2, 0.25) is 0 Å². The van der Waals surface area contributed by atoms with Crippen molar-refractivity contribution >= 4 is 0 Å². The van der Waals surface area contributed by atoms with E-state index in [-0.39, 0.29) is 0 Å². The SMILES string of the molecule is CN(C)CC1(O)CCN(Cc2ccc(OCCc3ccccc3)cc2)CC1. The van der Waals surface area contributed by atoms with Crippen molar-refractivity contribution in [3.8, 4) is 5.75 Å². The molecule has 1 aliphatic rings. The van der Waals surface area contributed by atoms with E-state index in [1.54, 1.807) is 0 Å². The lowest BCUT2D eigenvalue weighted by Crippen LogP contribution is -2.49. The second-order valence-electron chi connectivity index (χ2n) is 7.97. The Labute approximate surface area is 163 Å². The molecule has 0 spiro atoms. The third-order valence-electron chi connectivity index (χ3n) is 5.23. The van der Waals surface area contributed by atoms with E-state index < -0.39 is 5.60 Å². The second kappa shape index (κ2) is 9.36. The minimum Gasteiger partial charge on any atom is -0.493 e. The van der Waals surface area contributed by atoms with Gasteiger partial charge in [-0.3, -0.25) is 4.90 Å². The molecule has 1 saturated heterocycles. The lowest BCUT2D eigenvalue weighted by molar-refractivity contribution is -0.0388. The van der Waals surface area contributed by atoms with E-state index in [4.69, 9.17) is 4.74 Å². The highest BCUT2D eigenvalue weighted by Gasteiger charge is 2.32. The van der Waals surface area contributed by atoms with E-state index in [0.29, 0.717) is 6.61 Å². The van der Waals surface area contributed by atoms with Crippen LogP contribution in [-0.2, 0) is 13.0 Å². The van der Waals surface area contributed by atoms with Crippen molar-refractivity contribution < 1.29 is 9.84 Å². The van der Waals surface area contributed by atoms with Crippen LogP contribution < -0.4 is 4.74 Å². The number of ether oxygens (including phenoxy) is 1. The Bertz CT molecular complexity index is 677. The van der Waals surface area contributed by atoms with Gasteiger partial charge in [-0.05, 0) is 50.2 Å². The Kier molecular flexibility index (Phi) is 6.89. The fraction of sp³-hybridized carbons (Fsp3) is 0.478. The van der Waals surface area contributed by atoms with Crippen molar-refractivity contribution in [1.82, 2.24) is 9.80 Å². The molecule has 0 bridgehead atoms. The third-order valence-corrected chi connectivity index (χ3v) is 5.23. The largest absolute Gasteiger partial charge is 0.493 e. The number of rotatable bonds is 8. The van der Waals surface area contributed by atoms with Crippen LogP contribution in [0.5, 0.6) is 5.75 Å². The molecule has 146 valence electrons. The quantitative estimate of drug-likeness (QED) is 0.776. The topological polar surface area (TPSA) is 35.9 Å². The Morgan fingerprint density at radius 3 is 2.26 bits per heavy atom. The van der Waals surface area contributed by atoms with Gasteiger partial charge in [-0.15, -0.1) is 0 Å². The molecule has 2 aromatic carbocycles. The molecule has 1 heterocycles. The van der Waals surface area contributed by atoms with Gasteiger partial charge in [-0.1, -0.05) is 42.5 Å². The zero-order chi connectivity index (χ0) is 19.1. The number of hydrogen-bond acceptors (Lipinski definition) is 4. The van der Waals surface area contributed by atoms with Gasteiger partial charge in [0.25, 0.3) is 0 Å². The predicted octanol–water partition coefficient (Wildman–Crippen LogP) is 3.20. The predicted molar refractivity (Wildman–Crippen MR) is 110 cm³/mol. The molecule has 27 heavy (non-hydrogen) atoms. The Morgan fingerprint density at radius 2 is 1.63 bits per heavy atom. The van der Waals surface area contributed by atoms with Gasteiger partial charge < -0.3 is 14.7 Å². The Hall–Kier alpha value is -1.88. The summed E-state index contributed by atoms with van der Waals surface area (Å²) >= 11 is 0. The van der Waals surface area contributed by atoms with Gasteiger partial charge in [0, 0.05) is 32.6 Å². The van der Waals surface area contributed by atoms with Gasteiger partial charge in [-0.25, -0.2) is 0 Å². The highest BCUT2D eigenvalue weighted by atomic mass is 16.5. The van der Waals surface area contributed by atoms with E-state index in [0.717, 1.165) is 51.2 Å². The molecule has 0 aromatic heterocycles. The first kappa shape index (κ1) is 19.9. The summed E-state index contributed by atoms with van der Waals surface area (Å²) in [5.74, 6) is 0.925. The van der Waals surface area contributed by atoms with E-state index in [1.807, 2.05) is 20.2 Å². The smallest absolute Gasteiger partial charge is 0.119 e. The molecule has 0 amide bonds. The minimum absolute atomic E-state index is 0.531. The first-order valence-electron chi connectivity index (χ1n) is 9.88. The standard InChI is InChI=1S/C23H32N2O2/c1-24(2)19-23(26)13-15-25(16-14-23)18-21-8-10-22(11-9-21)27-17-12-20-6-4-3-5-7-20/h3-11,26H,12-19H2,1-2H3. The monoisotopic (exact) mass is 368 g/mol. The maximum atomic E-state index is 10.6. The first-order valence-corrected chi connectivity index (χ1v) is 9.88. The van der Waals surface area contributed by atoms with Gasteiger partial charge >= 0.3 is 0 Å². The third kappa shape index (κ3) is 6.35. The van der Waals surface area contributed by atoms with Crippen molar-refractivity contribution in [2.24, 2.45) is 0 Å². The molecule has 1 fully saturated rings. The number of likely N-dealkylation sites (N-methyl/N-ethyl adjacent to an activating group) is 1. The maximum Gasteiger partial charge on any atom is 0.119 e. The zero-order valence-electron chi connectivity index (χ0n) is 16.6. The van der Waals surface area contributed by atoms with Crippen molar-refractivity contribution in [2.45, 2.75) is 31.4 Å². The molecule has 3 rings (SSSR count). The summed E-state index contributed by atoms with van der Waals surface area (Å²) < 4.78 is 5.87. The number of likely N-dealkylation sites (tertiary alicyclic amines) is 1. The fourth-order valence-corrected chi connectivity index (χ4v) is 3.75. The molecule has 0 atom stereocenters. The van der Waals surface area contributed by atoms with E-state index >= 15 is 0 Å². The molecule has 0 aliphatic carbocycles. The van der Waals surface area contributed by atoms with Crippen LogP contribution in [0, 0.1) is 0 Å². The van der Waals surface area contributed by atoms with E-state index in [1.165, 1.54) is 11.1 Å². The van der Waals surface area contributed by atoms with Crippen LogP contribution in [0.2, 0.25) is 0 Å². The summed E-state index contributed by atoms with van der Waals surface area (Å²) in [6.45, 7) is 4.26. The maximum absolute atomic E-state index is 10.6. The van der Waals surface area contributed by atoms with Crippen LogP contribution in [0.3, 0.4) is 0 Å². The average molecular weight is 369 g/mol. The van der Waals surface area contributed by atoms with Gasteiger partial charge in [0.1, 0.15) is 5.75 Å². The van der Waals surface area contributed by atoms with Crippen molar-refractivity contribution in [3.05, 3.63) is 65.7 Å². The van der Waals surface area contributed by atoms with Crippen LogP contribution in [-0.4, -0.2) is 60.8 Å². The molecular formula is C23H32N2O2. The fourth-order valence-electron chi connectivity index (χ4n) is 3.75. The van der Waals surface area contributed by atoms with Crippen molar-refractivity contribution in [2.75, 3.05) is 40.3 Å². The number of hydrogen-bond donors (Lipinski definition) is 1. The highest BCUT2D eigenvalue weighted by Crippen LogP contribution is 2.24. The lowest BCUT2D eigenvalue weighted by atomic mass is 9.91. The minimum atomic E-state index is -0.531. The number of aliphatic hydroxyl groups is 1. The van der Waals surface area contributed by atoms with Gasteiger partial charge in [0.05, 0.1) is 12.2 Å². The van der Waals surface area contributed by atoms with Crippen LogP contribution in [0.15, 0.2) is 54.6 Å². The molecular weight excluding hydrogens is 336 g/mol. The van der Waals surface area contributed by atoms with E-state index in [9.17, 15) is 5.11 Å². The van der Waals surface area contributed by atoms with Crippen LogP contribution in [0.25, 0.3) is 0 Å². The summed E-state index contributed by atoms with van der Waals surface area (Å²) in [5, 5.41) is 10.6. The summed E-state index contributed by atoms with van der Waals surface area (Å²) in [7, 11) is 4.04. The molecule has 0 saturated carbocycles. The summed E-state index contributed by atoms with van der Waals surface area (Å²) in [5.41, 5.74) is 2.06. The van der Waals surface area contributed by atoms with Crippen LogP contribution in [0.4, 0.5) is 0 Å². The number of benzene rings is 2. The zero-order valence-corrected chi connectivity index (χ0v) is 16.6. The molecule has 0 radical (unpaired) electrons. The average Bonchev–Trinajstić information content (AvgIpc) is 2.65. The van der Waals surface area contributed by atoms with E-state index in [2.05, 4.69) is 58.3 Å². The normalized spacial score (nSPS) is 17.2. The molecule has 4 heteroatoms. The molecule has 2 aromatic rings. The Balaban J connectivity index is 1.42. The Morgan fingerprint density at radius 1 is 0.963 bits per heavy atom. The van der Waals surface area contributed by atoms with Crippen LogP contribution in [0.1, 0.15) is 24.0 Å². The van der Waals surface area contributed by atoms with Gasteiger partial charge in [0.15, 0.2) is 0 Å². The van der Waals surface area contributed by atoms with Gasteiger partial charge in [-0.2, -0.15) is 0 Å². The summed E-state index contributed by atoms with van der Waals surface area (Å²) in [6.07, 6.45) is 2.60. The number of piperidine rings is 1. The molecule has 1 N–H and O–H groups in total. The molecule has 4 nitrogen and oxygen atoms in total. The molecule has 0 unspecified atom stereocenters. The first-order chi connectivity index (χ1) is 13.0. The van der Waals surface area contributed by atoms with Crippen molar-refractivity contribution in [1.29, 1.82) is 0 Å². The lowest BCUT2D eigenvalue weighted by Gasteiger charge is -2.39. The highest BCUT2D eigenvalue weighted by molar-refractivity contribution is 5.27. The summed E-state index contributed by atoms with van der Waals surface area (Å²) in [4.78, 5) is 4.50. The van der Waals surface area contributed by atoms with Crippen LogP contribution >= 0.6 is 0 Å². The van der Waals surface area contributed by atoms with Crippen molar-refractivity contribution in [3.63, 3.8) is 0 Å². The second-order valence-corrected chi connectivity index (χ2v) is 7.97.